The van der Waals surface area contributed by atoms with Crippen molar-refractivity contribution in [1.82, 2.24) is 10.6 Å². The lowest BCUT2D eigenvalue weighted by Gasteiger charge is -2.10. The quantitative estimate of drug-likeness (QED) is 0.774. The minimum atomic E-state index is -0.615. The van der Waals surface area contributed by atoms with Crippen LogP contribution in [0.3, 0.4) is 0 Å². The van der Waals surface area contributed by atoms with Gasteiger partial charge in [-0.25, -0.2) is 4.99 Å². The van der Waals surface area contributed by atoms with E-state index in [2.05, 4.69) is 20.9 Å². The first-order chi connectivity index (χ1) is 12.5. The van der Waals surface area contributed by atoms with E-state index in [-0.39, 0.29) is 18.2 Å². The minimum absolute atomic E-state index is 0.0448. The highest BCUT2D eigenvalue weighted by atomic mass is 16.2. The van der Waals surface area contributed by atoms with E-state index in [0.29, 0.717) is 12.5 Å². The van der Waals surface area contributed by atoms with Crippen LogP contribution in [0.4, 0.5) is 5.69 Å². The van der Waals surface area contributed by atoms with Gasteiger partial charge in [0.05, 0.1) is 13.0 Å². The monoisotopic (exact) mass is 350 g/mol. The Balaban J connectivity index is 1.56. The molecule has 1 aliphatic heterocycles. The molecule has 0 saturated carbocycles. The summed E-state index contributed by atoms with van der Waals surface area (Å²) in [7, 11) is 0. The number of aliphatic imine (C=N–C) groups is 1. The average molecular weight is 350 g/mol. The molecule has 1 saturated heterocycles. The number of amides is 2. The number of nitrogens with zero attached hydrogens (tertiary/aromatic N) is 1. The highest BCUT2D eigenvalue weighted by molar-refractivity contribution is 6.08. The zero-order chi connectivity index (χ0) is 18.5. The number of anilines is 1. The van der Waals surface area contributed by atoms with E-state index < -0.39 is 6.04 Å². The summed E-state index contributed by atoms with van der Waals surface area (Å²) in [5.41, 5.74) is 3.94. The highest BCUT2D eigenvalue weighted by Gasteiger charge is 2.30. The van der Waals surface area contributed by atoms with Crippen molar-refractivity contribution in [3.05, 3.63) is 65.2 Å². The maximum absolute atomic E-state index is 12.3. The lowest BCUT2D eigenvalue weighted by molar-refractivity contribution is -0.124. The van der Waals surface area contributed by atoms with Crippen LogP contribution in [-0.4, -0.2) is 23.8 Å². The molecule has 3 rings (SSSR count). The molecule has 1 atom stereocenters. The predicted octanol–water partition coefficient (Wildman–Crippen LogP) is 2.28. The molecule has 0 spiro atoms. The van der Waals surface area contributed by atoms with Gasteiger partial charge >= 0.3 is 0 Å². The van der Waals surface area contributed by atoms with Crippen molar-refractivity contribution in [3.63, 3.8) is 0 Å². The fourth-order valence-electron chi connectivity index (χ4n) is 2.90. The number of nitrogens with one attached hydrogen (secondary N) is 3. The topological polar surface area (TPSA) is 82.6 Å². The van der Waals surface area contributed by atoms with Crippen molar-refractivity contribution in [2.24, 2.45) is 4.99 Å². The van der Waals surface area contributed by atoms with Gasteiger partial charge < -0.3 is 10.6 Å². The van der Waals surface area contributed by atoms with Crippen LogP contribution < -0.4 is 16.0 Å². The highest BCUT2D eigenvalue weighted by Crippen LogP contribution is 2.14. The van der Waals surface area contributed by atoms with Crippen molar-refractivity contribution in [3.8, 4) is 0 Å². The van der Waals surface area contributed by atoms with Crippen LogP contribution in [0.1, 0.15) is 23.1 Å². The second-order valence-corrected chi connectivity index (χ2v) is 6.47. The second kappa shape index (κ2) is 7.82. The Labute approximate surface area is 152 Å². The smallest absolute Gasteiger partial charge is 0.249 e. The van der Waals surface area contributed by atoms with Crippen molar-refractivity contribution in [2.45, 2.75) is 32.9 Å². The van der Waals surface area contributed by atoms with E-state index in [0.717, 1.165) is 22.4 Å². The number of carbonyl (C=O) groups is 2. The van der Waals surface area contributed by atoms with E-state index >= 15 is 0 Å². The Hall–Kier alpha value is -3.15. The van der Waals surface area contributed by atoms with Crippen LogP contribution in [0.2, 0.25) is 0 Å². The Bertz CT molecular complexity index is 826. The van der Waals surface area contributed by atoms with Crippen LogP contribution in [0.5, 0.6) is 0 Å². The lowest BCUT2D eigenvalue weighted by atomic mass is 10.1. The molecular weight excluding hydrogens is 328 g/mol. The van der Waals surface area contributed by atoms with Gasteiger partial charge in [0.1, 0.15) is 6.04 Å². The maximum Gasteiger partial charge on any atom is 0.249 e. The number of hydrogen-bond donors (Lipinski definition) is 3. The van der Waals surface area contributed by atoms with E-state index in [1.165, 1.54) is 0 Å². The normalized spacial score (nSPS) is 17.7. The van der Waals surface area contributed by atoms with Gasteiger partial charge in [0, 0.05) is 5.69 Å². The first kappa shape index (κ1) is 17.7. The Kier molecular flexibility index (Phi) is 5.31. The Morgan fingerprint density at radius 2 is 1.81 bits per heavy atom. The van der Waals surface area contributed by atoms with Crippen LogP contribution in [0, 0.1) is 13.8 Å². The molecule has 26 heavy (non-hydrogen) atoms. The molecule has 1 fully saturated rings. The summed E-state index contributed by atoms with van der Waals surface area (Å²) in [4.78, 5) is 28.7. The van der Waals surface area contributed by atoms with Crippen molar-refractivity contribution >= 4 is 23.5 Å². The molecule has 1 heterocycles. The summed E-state index contributed by atoms with van der Waals surface area (Å²) in [5.74, 6) is -0.0533. The van der Waals surface area contributed by atoms with Crippen molar-refractivity contribution < 1.29 is 9.59 Å². The minimum Gasteiger partial charge on any atom is -0.344 e. The fraction of sp³-hybridized carbons (Fsp3) is 0.250. The Morgan fingerprint density at radius 1 is 1.12 bits per heavy atom. The summed E-state index contributed by atoms with van der Waals surface area (Å²) < 4.78 is 0. The second-order valence-electron chi connectivity index (χ2n) is 6.47. The molecule has 0 radical (unpaired) electrons. The van der Waals surface area contributed by atoms with Gasteiger partial charge in [-0.3, -0.25) is 14.9 Å². The number of hydrogen-bond acceptors (Lipinski definition) is 3. The lowest BCUT2D eigenvalue weighted by Crippen LogP contribution is -2.33. The molecule has 6 heteroatoms. The molecule has 0 bridgehead atoms. The van der Waals surface area contributed by atoms with Crippen molar-refractivity contribution in [2.75, 3.05) is 5.32 Å². The fourth-order valence-corrected chi connectivity index (χ4v) is 2.90. The molecular formula is C20H22N4O2. The van der Waals surface area contributed by atoms with Crippen molar-refractivity contribution in [1.29, 1.82) is 0 Å². The van der Waals surface area contributed by atoms with E-state index in [1.807, 2.05) is 62.4 Å². The molecule has 0 unspecified atom stereocenters. The SMILES string of the molecule is Cc1cc(C)cc(NC(=O)C[C@@H]2NC(=NCc3ccccc3)NC2=O)c1. The largest absolute Gasteiger partial charge is 0.344 e. The molecule has 3 N–H and O–H groups in total. The summed E-state index contributed by atoms with van der Waals surface area (Å²) in [5, 5.41) is 8.51. The maximum atomic E-state index is 12.3. The van der Waals surface area contributed by atoms with E-state index in [4.69, 9.17) is 0 Å². The van der Waals surface area contributed by atoms with Crippen LogP contribution in [0.25, 0.3) is 0 Å². The van der Waals surface area contributed by atoms with Gasteiger partial charge in [-0.05, 0) is 42.7 Å². The van der Waals surface area contributed by atoms with E-state index in [1.54, 1.807) is 0 Å². The zero-order valence-corrected chi connectivity index (χ0v) is 14.9. The van der Waals surface area contributed by atoms with E-state index in [9.17, 15) is 9.59 Å². The van der Waals surface area contributed by atoms with Gasteiger partial charge in [-0.15, -0.1) is 0 Å². The van der Waals surface area contributed by atoms with Gasteiger partial charge in [-0.1, -0.05) is 36.4 Å². The molecule has 1 aliphatic rings. The third kappa shape index (κ3) is 4.69. The molecule has 2 amide bonds. The summed E-state index contributed by atoms with van der Waals surface area (Å²) >= 11 is 0. The predicted molar refractivity (Wildman–Crippen MR) is 102 cm³/mol. The van der Waals surface area contributed by atoms with Crippen LogP contribution in [-0.2, 0) is 16.1 Å². The first-order valence-corrected chi connectivity index (χ1v) is 8.53. The summed E-state index contributed by atoms with van der Waals surface area (Å²) in [6.07, 6.45) is 0.0448. The number of carbonyl (C=O) groups excluding carboxylic acids is 2. The molecule has 0 aromatic heterocycles. The third-order valence-electron chi connectivity index (χ3n) is 4.03. The third-order valence-corrected chi connectivity index (χ3v) is 4.03. The number of guanidine groups is 1. The molecule has 6 nitrogen and oxygen atoms in total. The number of benzene rings is 2. The molecule has 0 aliphatic carbocycles. The molecule has 2 aromatic rings. The van der Waals surface area contributed by atoms with Gasteiger partial charge in [-0.2, -0.15) is 0 Å². The standard InChI is InChI=1S/C20H22N4O2/c1-13-8-14(2)10-16(9-13)22-18(25)11-17-19(26)24-20(23-17)21-12-15-6-4-3-5-7-15/h3-10,17H,11-12H2,1-2H3,(H,22,25)(H2,21,23,24,26)/t17-/m0/s1. The van der Waals surface area contributed by atoms with Gasteiger partial charge in [0.15, 0.2) is 5.96 Å². The number of rotatable bonds is 5. The van der Waals surface area contributed by atoms with Crippen LogP contribution in [0.15, 0.2) is 53.5 Å². The van der Waals surface area contributed by atoms with Crippen LogP contribution >= 0.6 is 0 Å². The first-order valence-electron chi connectivity index (χ1n) is 8.53. The van der Waals surface area contributed by atoms with Gasteiger partial charge in [0.2, 0.25) is 11.8 Å². The zero-order valence-electron chi connectivity index (χ0n) is 14.9. The summed E-state index contributed by atoms with van der Waals surface area (Å²) in [6, 6.07) is 15.0. The molecule has 134 valence electrons. The Morgan fingerprint density at radius 3 is 2.50 bits per heavy atom. The average Bonchev–Trinajstić information content (AvgIpc) is 2.92. The van der Waals surface area contributed by atoms with Gasteiger partial charge in [0.25, 0.3) is 0 Å². The summed E-state index contributed by atoms with van der Waals surface area (Å²) in [6.45, 7) is 4.42. The number of aryl methyl sites for hydroxylation is 2. The molecule has 2 aromatic carbocycles.